The monoisotopic (exact) mass is 454 g/mol. The van der Waals surface area contributed by atoms with Gasteiger partial charge in [-0.3, -0.25) is 14.3 Å². The summed E-state index contributed by atoms with van der Waals surface area (Å²) >= 11 is 0. The predicted molar refractivity (Wildman–Crippen MR) is 119 cm³/mol. The van der Waals surface area contributed by atoms with Gasteiger partial charge in [-0.15, -0.1) is 0 Å². The minimum atomic E-state index is -3.74. The molecule has 32 heavy (non-hydrogen) atoms. The summed E-state index contributed by atoms with van der Waals surface area (Å²) in [6.07, 6.45) is 1.73. The second-order valence-corrected chi connectivity index (χ2v) is 9.85. The van der Waals surface area contributed by atoms with Gasteiger partial charge in [0.15, 0.2) is 11.4 Å². The summed E-state index contributed by atoms with van der Waals surface area (Å²) in [7, 11) is -2.17. The third-order valence-corrected chi connectivity index (χ3v) is 7.88. The molecule has 0 amide bonds. The molecular formula is C22H22N4O5S. The molecule has 1 aliphatic rings. The normalized spacial score (nSPS) is 16.2. The molecule has 1 N–H and O–H groups in total. The number of sulfonamides is 1. The van der Waals surface area contributed by atoms with Crippen LogP contribution in [-0.4, -0.2) is 65.7 Å². The number of piperazine rings is 1. The fraction of sp³-hybridized carbons (Fsp3) is 0.273. The van der Waals surface area contributed by atoms with Crippen molar-refractivity contribution in [1.82, 2.24) is 18.8 Å². The molecule has 0 radical (unpaired) electrons. The molecule has 0 saturated carbocycles. The van der Waals surface area contributed by atoms with E-state index in [1.807, 2.05) is 29.2 Å². The number of ketones is 1. The molecule has 0 atom stereocenters. The lowest BCUT2D eigenvalue weighted by atomic mass is 10.1. The number of aromatic nitrogens is 2. The fourth-order valence-electron chi connectivity index (χ4n) is 4.14. The first-order valence-electron chi connectivity index (χ1n) is 10.3. The van der Waals surface area contributed by atoms with Gasteiger partial charge in [-0.1, -0.05) is 18.2 Å². The van der Waals surface area contributed by atoms with Crippen LogP contribution in [0.5, 0.6) is 0 Å². The number of rotatable bonds is 5. The molecular weight excluding hydrogens is 432 g/mol. The van der Waals surface area contributed by atoms with Crippen molar-refractivity contribution < 1.29 is 17.6 Å². The Bertz CT molecular complexity index is 1490. The maximum Gasteiger partial charge on any atom is 0.419 e. The Balaban J connectivity index is 1.27. The van der Waals surface area contributed by atoms with Gasteiger partial charge in [0.05, 0.1) is 17.0 Å². The minimum absolute atomic E-state index is 0.00307. The molecule has 0 bridgehead atoms. The second-order valence-electron chi connectivity index (χ2n) is 7.91. The Labute approximate surface area is 183 Å². The third kappa shape index (κ3) is 3.46. The van der Waals surface area contributed by atoms with Crippen LogP contribution in [0.4, 0.5) is 0 Å². The number of para-hydroxylation sites is 1. The Morgan fingerprint density at radius 3 is 2.62 bits per heavy atom. The van der Waals surface area contributed by atoms with Gasteiger partial charge in [0.25, 0.3) is 0 Å². The van der Waals surface area contributed by atoms with Crippen LogP contribution < -0.4 is 5.76 Å². The van der Waals surface area contributed by atoms with E-state index < -0.39 is 15.8 Å². The highest BCUT2D eigenvalue weighted by Crippen LogP contribution is 2.23. The molecule has 1 saturated heterocycles. The molecule has 3 heterocycles. The third-order valence-electron chi connectivity index (χ3n) is 5.99. The van der Waals surface area contributed by atoms with Crippen LogP contribution in [0, 0.1) is 0 Å². The van der Waals surface area contributed by atoms with Gasteiger partial charge < -0.3 is 9.40 Å². The maximum atomic E-state index is 13.1. The van der Waals surface area contributed by atoms with E-state index in [9.17, 15) is 18.0 Å². The van der Waals surface area contributed by atoms with Crippen LogP contribution in [-0.2, 0) is 17.1 Å². The predicted octanol–water partition coefficient (Wildman–Crippen LogP) is 1.80. The molecule has 5 rings (SSSR count). The van der Waals surface area contributed by atoms with Gasteiger partial charge in [-0.2, -0.15) is 4.31 Å². The van der Waals surface area contributed by atoms with Crippen molar-refractivity contribution in [3.05, 3.63) is 64.8 Å². The van der Waals surface area contributed by atoms with Crippen LogP contribution in [0.25, 0.3) is 22.0 Å². The molecule has 2 aromatic heterocycles. The Morgan fingerprint density at radius 1 is 1.09 bits per heavy atom. The average molecular weight is 455 g/mol. The highest BCUT2D eigenvalue weighted by atomic mass is 32.2. The molecule has 0 spiro atoms. The number of H-pyrrole nitrogens is 1. The number of aromatic amines is 1. The lowest BCUT2D eigenvalue weighted by Crippen LogP contribution is -2.49. The van der Waals surface area contributed by atoms with Crippen LogP contribution in [0.2, 0.25) is 0 Å². The van der Waals surface area contributed by atoms with E-state index in [1.54, 1.807) is 19.3 Å². The molecule has 166 valence electrons. The number of nitrogens with one attached hydrogen (secondary N) is 1. The lowest BCUT2D eigenvalue weighted by Gasteiger charge is -2.33. The molecule has 0 aliphatic carbocycles. The van der Waals surface area contributed by atoms with Crippen molar-refractivity contribution in [2.75, 3.05) is 32.7 Å². The zero-order chi connectivity index (χ0) is 22.5. The van der Waals surface area contributed by atoms with Gasteiger partial charge in [-0.05, 0) is 18.2 Å². The van der Waals surface area contributed by atoms with Gasteiger partial charge in [0, 0.05) is 62.0 Å². The fourth-order valence-corrected chi connectivity index (χ4v) is 5.58. The summed E-state index contributed by atoms with van der Waals surface area (Å²) in [6, 6.07) is 12.1. The van der Waals surface area contributed by atoms with Gasteiger partial charge in [-0.25, -0.2) is 13.2 Å². The van der Waals surface area contributed by atoms with Crippen LogP contribution >= 0.6 is 0 Å². The molecule has 9 nitrogen and oxygen atoms in total. The Kier molecular flexibility index (Phi) is 5.00. The summed E-state index contributed by atoms with van der Waals surface area (Å²) < 4.78 is 34.0. The summed E-state index contributed by atoms with van der Waals surface area (Å²) in [5.74, 6) is -0.536. The standard InChI is InChI=1S/C22H22N4O5S/c1-24-19-7-6-15(12-21(19)31-22(24)28)32(29,30)26-10-8-25(9-11-26)14-20(27)17-13-23-18-5-3-2-4-16(17)18/h2-7,12-13,23H,8-11,14H2,1H3. The number of Topliss-reactive ketones (excluding diaryl/α,β-unsaturated/α-hetero) is 1. The number of oxazole rings is 1. The SMILES string of the molecule is Cn1c(=O)oc2cc(S(=O)(=O)N3CCN(CC(=O)c4c[nH]c5ccccc45)CC3)ccc21. The van der Waals surface area contributed by atoms with Crippen molar-refractivity contribution in [2.45, 2.75) is 4.90 Å². The first-order valence-corrected chi connectivity index (χ1v) is 11.7. The van der Waals surface area contributed by atoms with Crippen LogP contribution in [0.1, 0.15) is 10.4 Å². The van der Waals surface area contributed by atoms with Crippen molar-refractivity contribution >= 4 is 37.8 Å². The number of aryl methyl sites for hydroxylation is 1. The smallest absolute Gasteiger partial charge is 0.408 e. The van der Waals surface area contributed by atoms with Gasteiger partial charge in [0.1, 0.15) is 0 Å². The van der Waals surface area contributed by atoms with E-state index >= 15 is 0 Å². The second kappa shape index (κ2) is 7.73. The summed E-state index contributed by atoms with van der Waals surface area (Å²) in [5, 5.41) is 0.890. The summed E-state index contributed by atoms with van der Waals surface area (Å²) in [6.45, 7) is 1.70. The molecule has 1 fully saturated rings. The summed E-state index contributed by atoms with van der Waals surface area (Å²) in [4.78, 5) is 29.7. The van der Waals surface area contributed by atoms with E-state index in [4.69, 9.17) is 4.42 Å². The van der Waals surface area contributed by atoms with Crippen molar-refractivity contribution in [1.29, 1.82) is 0 Å². The Hall–Kier alpha value is -3.21. The van der Waals surface area contributed by atoms with Crippen molar-refractivity contribution in [3.8, 4) is 0 Å². The summed E-state index contributed by atoms with van der Waals surface area (Å²) in [5.41, 5.74) is 2.34. The number of carbonyl (C=O) groups is 1. The number of benzene rings is 2. The number of hydrogen-bond donors (Lipinski definition) is 1. The zero-order valence-electron chi connectivity index (χ0n) is 17.4. The number of hydrogen-bond acceptors (Lipinski definition) is 6. The Morgan fingerprint density at radius 2 is 1.84 bits per heavy atom. The van der Waals surface area contributed by atoms with Gasteiger partial charge >= 0.3 is 5.76 Å². The van der Waals surface area contributed by atoms with E-state index in [1.165, 1.54) is 21.0 Å². The topological polar surface area (TPSA) is 109 Å². The quantitative estimate of drug-likeness (QED) is 0.461. The molecule has 2 aromatic carbocycles. The van der Waals surface area contributed by atoms with E-state index in [-0.39, 0.29) is 35.9 Å². The first kappa shape index (κ1) is 20.7. The van der Waals surface area contributed by atoms with Crippen LogP contribution in [0.15, 0.2) is 62.8 Å². The van der Waals surface area contributed by atoms with Gasteiger partial charge in [0.2, 0.25) is 10.0 Å². The first-order chi connectivity index (χ1) is 15.3. The number of nitrogens with zero attached hydrogens (tertiary/aromatic N) is 3. The number of fused-ring (bicyclic) bond motifs is 2. The largest absolute Gasteiger partial charge is 0.419 e. The van der Waals surface area contributed by atoms with E-state index in [0.29, 0.717) is 24.2 Å². The minimum Gasteiger partial charge on any atom is -0.408 e. The molecule has 1 aliphatic heterocycles. The molecule has 4 aromatic rings. The molecule has 10 heteroatoms. The highest BCUT2D eigenvalue weighted by molar-refractivity contribution is 7.89. The average Bonchev–Trinajstić information content (AvgIpc) is 3.35. The number of carbonyl (C=O) groups excluding carboxylic acids is 1. The lowest BCUT2D eigenvalue weighted by molar-refractivity contribution is 0.0903. The van der Waals surface area contributed by atoms with Crippen molar-refractivity contribution in [2.24, 2.45) is 7.05 Å². The van der Waals surface area contributed by atoms with E-state index in [2.05, 4.69) is 4.98 Å². The molecule has 0 unspecified atom stereocenters. The van der Waals surface area contributed by atoms with E-state index in [0.717, 1.165) is 10.9 Å². The maximum absolute atomic E-state index is 13.1. The van der Waals surface area contributed by atoms with Crippen molar-refractivity contribution in [3.63, 3.8) is 0 Å². The zero-order valence-corrected chi connectivity index (χ0v) is 18.3. The highest BCUT2D eigenvalue weighted by Gasteiger charge is 2.30. The van der Waals surface area contributed by atoms with Crippen LogP contribution in [0.3, 0.4) is 0 Å².